The van der Waals surface area contributed by atoms with Gasteiger partial charge in [0.1, 0.15) is 25.3 Å². The summed E-state index contributed by atoms with van der Waals surface area (Å²) in [4.78, 5) is 28.0. The topological polar surface area (TPSA) is 98.1 Å². The van der Waals surface area contributed by atoms with Crippen LogP contribution in [0.15, 0.2) is 67.3 Å². The van der Waals surface area contributed by atoms with Gasteiger partial charge < -0.3 is 15.4 Å². The lowest BCUT2D eigenvalue weighted by Gasteiger charge is -2.12. The number of rotatable bonds is 8. The van der Waals surface area contributed by atoms with Crippen LogP contribution in [0.5, 0.6) is 0 Å². The first-order valence-corrected chi connectivity index (χ1v) is 8.78. The Kier molecular flexibility index (Phi) is 6.48. The lowest BCUT2D eigenvalue weighted by atomic mass is 10.2. The van der Waals surface area contributed by atoms with Crippen LogP contribution in [0.25, 0.3) is 0 Å². The van der Waals surface area contributed by atoms with Crippen molar-refractivity contribution in [3.63, 3.8) is 0 Å². The molecule has 1 unspecified atom stereocenters. The van der Waals surface area contributed by atoms with E-state index in [1.54, 1.807) is 31.2 Å². The van der Waals surface area contributed by atoms with Gasteiger partial charge in [-0.05, 0) is 36.8 Å². The van der Waals surface area contributed by atoms with Crippen molar-refractivity contribution in [3.8, 4) is 0 Å². The van der Waals surface area contributed by atoms with Gasteiger partial charge in [0.05, 0.1) is 6.61 Å². The second kappa shape index (κ2) is 9.43. The van der Waals surface area contributed by atoms with Crippen LogP contribution in [0.1, 0.15) is 18.5 Å². The maximum atomic E-state index is 12.2. The highest BCUT2D eigenvalue weighted by Crippen LogP contribution is 2.15. The number of nitrogens with zero attached hydrogens (tertiary/aromatic N) is 3. The molecular formula is C20H21N5O3. The molecule has 2 amide bonds. The van der Waals surface area contributed by atoms with Crippen LogP contribution < -0.4 is 10.6 Å². The number of carbonyl (C=O) groups excluding carboxylic acids is 2. The van der Waals surface area contributed by atoms with E-state index >= 15 is 0 Å². The second-order valence-corrected chi connectivity index (χ2v) is 6.14. The zero-order valence-electron chi connectivity index (χ0n) is 15.4. The quantitative estimate of drug-likeness (QED) is 0.627. The number of ether oxygens (including phenoxy) is 1. The van der Waals surface area contributed by atoms with Gasteiger partial charge in [-0.25, -0.2) is 9.67 Å². The summed E-state index contributed by atoms with van der Waals surface area (Å²) < 4.78 is 6.88. The van der Waals surface area contributed by atoms with Crippen molar-refractivity contribution in [1.29, 1.82) is 0 Å². The lowest BCUT2D eigenvalue weighted by molar-refractivity contribution is -0.121. The molecule has 0 radical (unpaired) electrons. The molecule has 3 rings (SSSR count). The molecule has 8 heteroatoms. The maximum Gasteiger partial charge on any atom is 0.250 e. The normalized spacial score (nSPS) is 11.6. The molecule has 28 heavy (non-hydrogen) atoms. The monoisotopic (exact) mass is 379 g/mol. The predicted octanol–water partition coefficient (Wildman–Crippen LogP) is 2.63. The van der Waals surface area contributed by atoms with Crippen molar-refractivity contribution in [3.05, 3.63) is 72.8 Å². The van der Waals surface area contributed by atoms with Crippen LogP contribution in [0.4, 0.5) is 11.4 Å². The first-order chi connectivity index (χ1) is 13.6. The molecule has 0 aliphatic heterocycles. The lowest BCUT2D eigenvalue weighted by Crippen LogP contribution is -2.24. The molecule has 0 spiro atoms. The molecule has 1 heterocycles. The maximum absolute atomic E-state index is 12.2. The van der Waals surface area contributed by atoms with Gasteiger partial charge in [0.25, 0.3) is 0 Å². The molecule has 0 saturated heterocycles. The highest BCUT2D eigenvalue weighted by molar-refractivity contribution is 5.94. The van der Waals surface area contributed by atoms with Crippen LogP contribution in [0.3, 0.4) is 0 Å². The first kappa shape index (κ1) is 19.2. The Morgan fingerprint density at radius 1 is 1.04 bits per heavy atom. The van der Waals surface area contributed by atoms with Gasteiger partial charge in [0.2, 0.25) is 11.8 Å². The van der Waals surface area contributed by atoms with Gasteiger partial charge in [-0.2, -0.15) is 5.10 Å². The molecule has 1 aromatic heterocycles. The van der Waals surface area contributed by atoms with Crippen molar-refractivity contribution in [2.75, 3.05) is 17.2 Å². The van der Waals surface area contributed by atoms with E-state index in [1.165, 1.54) is 17.3 Å². The highest BCUT2D eigenvalue weighted by atomic mass is 16.5. The smallest absolute Gasteiger partial charge is 0.250 e. The predicted molar refractivity (Wildman–Crippen MR) is 105 cm³/mol. The van der Waals surface area contributed by atoms with Gasteiger partial charge in [-0.15, -0.1) is 0 Å². The van der Waals surface area contributed by atoms with Crippen molar-refractivity contribution in [2.45, 2.75) is 19.6 Å². The molecule has 0 bridgehead atoms. The minimum Gasteiger partial charge on any atom is -0.367 e. The molecule has 3 aromatic rings. The number of benzene rings is 2. The largest absolute Gasteiger partial charge is 0.367 e. The second-order valence-electron chi connectivity index (χ2n) is 6.14. The summed E-state index contributed by atoms with van der Waals surface area (Å²) in [5.41, 5.74) is 2.25. The molecule has 8 nitrogen and oxygen atoms in total. The van der Waals surface area contributed by atoms with E-state index in [0.717, 1.165) is 5.56 Å². The van der Waals surface area contributed by atoms with E-state index < -0.39 is 6.04 Å². The standard InChI is InChI=1S/C20H21N5O3/c1-15(25-14-21-13-22-25)20(27)24-18-9-7-17(8-10-18)23-19(26)12-28-11-16-5-3-2-4-6-16/h2-10,13-15H,11-12H2,1H3,(H,23,26)(H,24,27). The van der Waals surface area contributed by atoms with Crippen LogP contribution in [0, 0.1) is 0 Å². The summed E-state index contributed by atoms with van der Waals surface area (Å²) in [5, 5.41) is 9.51. The summed E-state index contributed by atoms with van der Waals surface area (Å²) in [6.45, 7) is 2.07. The number of nitrogens with one attached hydrogen (secondary N) is 2. The molecule has 2 aromatic carbocycles. The van der Waals surface area contributed by atoms with E-state index in [0.29, 0.717) is 18.0 Å². The molecule has 0 aliphatic rings. The fourth-order valence-electron chi connectivity index (χ4n) is 2.45. The molecule has 144 valence electrons. The number of hydrogen-bond acceptors (Lipinski definition) is 5. The van der Waals surface area contributed by atoms with Crippen molar-refractivity contribution in [2.24, 2.45) is 0 Å². The molecule has 0 aliphatic carbocycles. The fourth-order valence-corrected chi connectivity index (χ4v) is 2.45. The molecule has 0 saturated carbocycles. The number of aromatic nitrogens is 3. The number of amides is 2. The third kappa shape index (κ3) is 5.49. The van der Waals surface area contributed by atoms with Crippen molar-refractivity contribution < 1.29 is 14.3 Å². The first-order valence-electron chi connectivity index (χ1n) is 8.78. The van der Waals surface area contributed by atoms with Gasteiger partial charge >= 0.3 is 0 Å². The Morgan fingerprint density at radius 3 is 2.36 bits per heavy atom. The third-order valence-corrected chi connectivity index (χ3v) is 3.99. The molecule has 0 fully saturated rings. The Labute approximate surface area is 162 Å². The van der Waals surface area contributed by atoms with Gasteiger partial charge in [-0.1, -0.05) is 30.3 Å². The number of carbonyl (C=O) groups is 2. The van der Waals surface area contributed by atoms with Crippen molar-refractivity contribution >= 4 is 23.2 Å². The highest BCUT2D eigenvalue weighted by Gasteiger charge is 2.15. The molecule has 2 N–H and O–H groups in total. The Balaban J connectivity index is 1.44. The van der Waals surface area contributed by atoms with E-state index in [1.807, 2.05) is 30.3 Å². The number of hydrogen-bond donors (Lipinski definition) is 2. The summed E-state index contributed by atoms with van der Waals surface area (Å²) in [7, 11) is 0. The Morgan fingerprint density at radius 2 is 1.71 bits per heavy atom. The van der Waals surface area contributed by atoms with Crippen molar-refractivity contribution in [1.82, 2.24) is 14.8 Å². The average Bonchev–Trinajstić information content (AvgIpc) is 3.24. The summed E-state index contributed by atoms with van der Waals surface area (Å²) in [6, 6.07) is 16.0. The van der Waals surface area contributed by atoms with Crippen LogP contribution in [-0.2, 0) is 20.9 Å². The minimum absolute atomic E-state index is 0.0389. The van der Waals surface area contributed by atoms with E-state index in [2.05, 4.69) is 20.7 Å². The van der Waals surface area contributed by atoms with Gasteiger partial charge in [0.15, 0.2) is 0 Å². The van der Waals surface area contributed by atoms with E-state index in [4.69, 9.17) is 4.74 Å². The SMILES string of the molecule is CC(C(=O)Nc1ccc(NC(=O)COCc2ccccc2)cc1)n1cncn1. The van der Waals surface area contributed by atoms with Crippen LogP contribution >= 0.6 is 0 Å². The van der Waals surface area contributed by atoms with Crippen LogP contribution in [-0.4, -0.2) is 33.2 Å². The zero-order valence-corrected chi connectivity index (χ0v) is 15.4. The van der Waals surface area contributed by atoms with Crippen LogP contribution in [0.2, 0.25) is 0 Å². The average molecular weight is 379 g/mol. The number of anilines is 2. The summed E-state index contributed by atoms with van der Waals surface area (Å²) >= 11 is 0. The van der Waals surface area contributed by atoms with Gasteiger partial charge in [0, 0.05) is 11.4 Å². The fraction of sp³-hybridized carbons (Fsp3) is 0.200. The minimum atomic E-state index is -0.483. The van der Waals surface area contributed by atoms with Gasteiger partial charge in [-0.3, -0.25) is 9.59 Å². The Bertz CT molecular complexity index is 895. The Hall–Kier alpha value is -3.52. The zero-order chi connectivity index (χ0) is 19.8. The summed E-state index contributed by atoms with van der Waals surface area (Å²) in [6.07, 6.45) is 2.87. The molecule has 1 atom stereocenters. The van der Waals surface area contributed by atoms with E-state index in [9.17, 15) is 9.59 Å². The summed E-state index contributed by atoms with van der Waals surface area (Å²) in [5.74, 6) is -0.455. The third-order valence-electron chi connectivity index (χ3n) is 3.99. The van der Waals surface area contributed by atoms with E-state index in [-0.39, 0.29) is 18.4 Å². The molecular weight excluding hydrogens is 358 g/mol.